The van der Waals surface area contributed by atoms with Crippen molar-refractivity contribution >= 4 is 41.6 Å². The van der Waals surface area contributed by atoms with Gasteiger partial charge < -0.3 is 9.29 Å². The summed E-state index contributed by atoms with van der Waals surface area (Å²) in [6.45, 7) is -0.209. The number of fused-ring (bicyclic) bond motifs is 2. The normalized spacial score (nSPS) is 11.3. The Kier molecular flexibility index (Phi) is 5.83. The predicted molar refractivity (Wildman–Crippen MR) is 85.7 cm³/mol. The summed E-state index contributed by atoms with van der Waals surface area (Å²) >= 11 is 1.46. The Balaban J connectivity index is 0.00000192. The second-order valence-corrected chi connectivity index (χ2v) is 7.30. The molecule has 0 saturated carbocycles. The van der Waals surface area contributed by atoms with E-state index in [1.54, 1.807) is 24.3 Å². The van der Waals surface area contributed by atoms with Crippen molar-refractivity contribution in [3.8, 4) is 5.75 Å². The van der Waals surface area contributed by atoms with Gasteiger partial charge in [0.05, 0.1) is 15.9 Å². The average Bonchev–Trinajstić information content (AvgIpc) is 2.46. The molecule has 0 aliphatic rings. The maximum atomic E-state index is 12.4. The van der Waals surface area contributed by atoms with Gasteiger partial charge in [0.2, 0.25) is 0 Å². The molecule has 0 spiro atoms. The van der Waals surface area contributed by atoms with Crippen LogP contribution in [-0.2, 0) is 10.1 Å². The maximum absolute atomic E-state index is 12.4. The monoisotopic (exact) mass is 358 g/mol. The SMILES string of the molecule is O=c1c2ccccc2sc2cc(OCCS(=O)(=O)[O-])ccc12.[Na+]. The average molecular weight is 358 g/mol. The summed E-state index contributed by atoms with van der Waals surface area (Å²) in [4.78, 5) is 12.4. The Morgan fingerprint density at radius 2 is 1.74 bits per heavy atom. The first-order valence-electron chi connectivity index (χ1n) is 6.46. The molecule has 0 bridgehead atoms. The molecule has 0 aliphatic carbocycles. The molecule has 1 heterocycles. The molecule has 8 heteroatoms. The van der Waals surface area contributed by atoms with Crippen molar-refractivity contribution in [2.75, 3.05) is 12.4 Å². The van der Waals surface area contributed by atoms with Gasteiger partial charge in [-0.05, 0) is 30.3 Å². The molecule has 0 N–H and O–H groups in total. The van der Waals surface area contributed by atoms with Gasteiger partial charge in [0, 0.05) is 20.2 Å². The summed E-state index contributed by atoms with van der Waals surface area (Å²) in [6, 6.07) is 12.3. The second-order valence-electron chi connectivity index (χ2n) is 4.70. The van der Waals surface area contributed by atoms with Crippen LogP contribution >= 0.6 is 11.3 Å². The van der Waals surface area contributed by atoms with Gasteiger partial charge in [-0.15, -0.1) is 11.3 Å². The molecule has 0 fully saturated rings. The Labute approximate surface area is 158 Å². The van der Waals surface area contributed by atoms with E-state index >= 15 is 0 Å². The van der Waals surface area contributed by atoms with Crippen molar-refractivity contribution in [1.82, 2.24) is 0 Å². The van der Waals surface area contributed by atoms with E-state index in [0.717, 1.165) is 9.40 Å². The van der Waals surface area contributed by atoms with Gasteiger partial charge in [0.1, 0.15) is 12.4 Å². The number of hydrogen-bond donors (Lipinski definition) is 0. The van der Waals surface area contributed by atoms with Crippen LogP contribution in [0.5, 0.6) is 5.75 Å². The van der Waals surface area contributed by atoms with Gasteiger partial charge in [-0.2, -0.15) is 0 Å². The van der Waals surface area contributed by atoms with Crippen LogP contribution in [0.15, 0.2) is 47.3 Å². The van der Waals surface area contributed by atoms with E-state index in [9.17, 15) is 17.8 Å². The van der Waals surface area contributed by atoms with E-state index in [2.05, 4.69) is 0 Å². The van der Waals surface area contributed by atoms with Crippen LogP contribution in [0, 0.1) is 0 Å². The van der Waals surface area contributed by atoms with Crippen LogP contribution in [-0.4, -0.2) is 25.3 Å². The van der Waals surface area contributed by atoms with E-state index < -0.39 is 15.9 Å². The van der Waals surface area contributed by atoms with Crippen molar-refractivity contribution in [2.24, 2.45) is 0 Å². The van der Waals surface area contributed by atoms with Crippen LogP contribution in [0.1, 0.15) is 0 Å². The van der Waals surface area contributed by atoms with Crippen LogP contribution in [0.25, 0.3) is 20.2 Å². The standard InChI is InChI=1S/C15H12O5S2.Na/c16-15-11-3-1-2-4-13(11)21-14-9-10(5-6-12(14)15)20-7-8-22(17,18)19;/h1-6,9H,7-8H2,(H,17,18,19);/q;+1/p-1. The summed E-state index contributed by atoms with van der Waals surface area (Å²) in [7, 11) is -4.29. The zero-order valence-electron chi connectivity index (χ0n) is 12.3. The summed E-state index contributed by atoms with van der Waals surface area (Å²) < 4.78 is 38.5. The molecule has 2 aromatic carbocycles. The minimum atomic E-state index is -4.29. The van der Waals surface area contributed by atoms with Crippen molar-refractivity contribution in [3.63, 3.8) is 0 Å². The Hall–Kier alpha value is -0.960. The van der Waals surface area contributed by atoms with E-state index in [0.29, 0.717) is 16.5 Å². The number of rotatable bonds is 4. The molecule has 0 saturated heterocycles. The Morgan fingerprint density at radius 1 is 1.04 bits per heavy atom. The minimum absolute atomic E-state index is 0. The largest absolute Gasteiger partial charge is 1.00 e. The van der Waals surface area contributed by atoms with Gasteiger partial charge >= 0.3 is 29.6 Å². The summed E-state index contributed by atoms with van der Waals surface area (Å²) in [5, 5.41) is 1.26. The van der Waals surface area contributed by atoms with Crippen molar-refractivity contribution in [1.29, 1.82) is 0 Å². The van der Waals surface area contributed by atoms with Gasteiger partial charge in [-0.1, -0.05) is 12.1 Å². The molecule has 3 aromatic rings. The molecular formula is C15H11NaO5S2. The molecule has 0 unspecified atom stereocenters. The zero-order chi connectivity index (χ0) is 15.7. The first kappa shape index (κ1) is 18.4. The van der Waals surface area contributed by atoms with Crippen LogP contribution in [0.4, 0.5) is 0 Å². The van der Waals surface area contributed by atoms with Gasteiger partial charge in [-0.3, -0.25) is 4.79 Å². The van der Waals surface area contributed by atoms with E-state index in [-0.39, 0.29) is 41.6 Å². The van der Waals surface area contributed by atoms with E-state index in [1.807, 2.05) is 18.2 Å². The Morgan fingerprint density at radius 3 is 2.48 bits per heavy atom. The second kappa shape index (κ2) is 7.29. The van der Waals surface area contributed by atoms with E-state index in [4.69, 9.17) is 4.74 Å². The minimum Gasteiger partial charge on any atom is -0.748 e. The molecule has 0 aliphatic heterocycles. The Bertz CT molecular complexity index is 1010. The molecule has 114 valence electrons. The fourth-order valence-electron chi connectivity index (χ4n) is 2.13. The third-order valence-electron chi connectivity index (χ3n) is 3.15. The fraction of sp³-hybridized carbons (Fsp3) is 0.133. The number of benzene rings is 2. The first-order valence-corrected chi connectivity index (χ1v) is 8.85. The molecule has 23 heavy (non-hydrogen) atoms. The van der Waals surface area contributed by atoms with Crippen LogP contribution in [0.3, 0.4) is 0 Å². The molecular weight excluding hydrogens is 347 g/mol. The van der Waals surface area contributed by atoms with E-state index in [1.165, 1.54) is 11.3 Å². The van der Waals surface area contributed by atoms with Gasteiger partial charge in [0.15, 0.2) is 5.43 Å². The molecule has 5 nitrogen and oxygen atoms in total. The summed E-state index contributed by atoms with van der Waals surface area (Å²) in [5.41, 5.74) is -0.0435. The zero-order valence-corrected chi connectivity index (χ0v) is 15.9. The predicted octanol–water partition coefficient (Wildman–Crippen LogP) is -0.657. The third kappa shape index (κ3) is 4.32. The fourth-order valence-corrected chi connectivity index (χ4v) is 3.52. The molecule has 0 atom stereocenters. The number of ether oxygens (including phenoxy) is 1. The maximum Gasteiger partial charge on any atom is 1.00 e. The summed E-state index contributed by atoms with van der Waals surface area (Å²) in [5.74, 6) is -0.152. The van der Waals surface area contributed by atoms with Crippen LogP contribution < -0.4 is 39.7 Å². The van der Waals surface area contributed by atoms with Crippen molar-refractivity contribution in [2.45, 2.75) is 0 Å². The molecule has 1 aromatic heterocycles. The first-order chi connectivity index (χ1) is 10.4. The number of hydrogen-bond acceptors (Lipinski definition) is 6. The topological polar surface area (TPSA) is 83.5 Å². The van der Waals surface area contributed by atoms with Crippen LogP contribution in [0.2, 0.25) is 0 Å². The van der Waals surface area contributed by atoms with Crippen molar-refractivity contribution in [3.05, 3.63) is 52.7 Å². The smallest absolute Gasteiger partial charge is 0.748 e. The summed E-state index contributed by atoms with van der Waals surface area (Å²) in [6.07, 6.45) is 0. The molecule has 3 rings (SSSR count). The quantitative estimate of drug-likeness (QED) is 0.351. The molecule has 0 radical (unpaired) electrons. The van der Waals surface area contributed by atoms with Crippen molar-refractivity contribution < 1.29 is 47.3 Å². The van der Waals surface area contributed by atoms with Gasteiger partial charge in [0.25, 0.3) is 0 Å². The van der Waals surface area contributed by atoms with Gasteiger partial charge in [-0.25, -0.2) is 8.42 Å². The molecule has 0 amide bonds. The third-order valence-corrected chi connectivity index (χ3v) is 4.95.